The Morgan fingerprint density at radius 3 is 2.41 bits per heavy atom. The highest BCUT2D eigenvalue weighted by molar-refractivity contribution is 7.80. The first-order valence-electron chi connectivity index (χ1n) is 9.86. The van der Waals surface area contributed by atoms with E-state index in [0.29, 0.717) is 11.2 Å². The van der Waals surface area contributed by atoms with Gasteiger partial charge in [-0.15, -0.1) is 0 Å². The van der Waals surface area contributed by atoms with Crippen LogP contribution in [0.3, 0.4) is 0 Å². The van der Waals surface area contributed by atoms with E-state index in [1.807, 2.05) is 36.5 Å². The summed E-state index contributed by atoms with van der Waals surface area (Å²) in [5.74, 6) is 0.239. The quantitative estimate of drug-likeness (QED) is 0.600. The molecule has 2 N–H and O–H groups in total. The molecule has 0 spiro atoms. The number of benzene rings is 1. The molecular weight excluding hydrogens is 380 g/mol. The molecule has 2 atom stereocenters. The molecule has 0 bridgehead atoms. The van der Waals surface area contributed by atoms with Gasteiger partial charge in [-0.3, -0.25) is 4.98 Å². The summed E-state index contributed by atoms with van der Waals surface area (Å²) < 4.78 is 2.36. The third-order valence-corrected chi connectivity index (χ3v) is 5.90. The summed E-state index contributed by atoms with van der Waals surface area (Å²) in [4.78, 5) is 6.75. The molecule has 29 heavy (non-hydrogen) atoms. The Kier molecular flexibility index (Phi) is 5.04. The van der Waals surface area contributed by atoms with Crippen LogP contribution in [-0.2, 0) is 0 Å². The van der Waals surface area contributed by atoms with E-state index in [9.17, 15) is 5.11 Å². The van der Waals surface area contributed by atoms with Crippen LogP contribution in [0.2, 0.25) is 0 Å². The van der Waals surface area contributed by atoms with Crippen LogP contribution in [0.4, 0.5) is 5.69 Å². The molecule has 3 aromatic rings. The zero-order chi connectivity index (χ0) is 20.7. The fourth-order valence-electron chi connectivity index (χ4n) is 4.46. The fraction of sp³-hybridized carbons (Fsp3) is 0.304. The number of phenols is 1. The van der Waals surface area contributed by atoms with Crippen LogP contribution in [0.15, 0.2) is 54.7 Å². The molecule has 0 amide bonds. The van der Waals surface area contributed by atoms with Gasteiger partial charge in [-0.2, -0.15) is 0 Å². The monoisotopic (exact) mass is 406 g/mol. The Morgan fingerprint density at radius 2 is 1.83 bits per heavy atom. The number of nitrogens with zero attached hydrogens (tertiary/aromatic N) is 3. The molecule has 1 saturated heterocycles. The number of pyridine rings is 1. The predicted molar refractivity (Wildman–Crippen MR) is 120 cm³/mol. The number of thiocarbonyl (C=S) groups is 1. The van der Waals surface area contributed by atoms with Crippen molar-refractivity contribution in [3.05, 3.63) is 77.4 Å². The summed E-state index contributed by atoms with van der Waals surface area (Å²) in [6.07, 6.45) is 1.82. The Balaban J connectivity index is 1.88. The molecule has 2 aromatic heterocycles. The van der Waals surface area contributed by atoms with Crippen molar-refractivity contribution < 1.29 is 5.11 Å². The van der Waals surface area contributed by atoms with Crippen molar-refractivity contribution in [2.24, 2.45) is 0 Å². The molecule has 1 aromatic carbocycles. The molecule has 1 aliphatic rings. The van der Waals surface area contributed by atoms with Gasteiger partial charge in [0.25, 0.3) is 0 Å². The lowest BCUT2D eigenvalue weighted by atomic mass is 9.96. The molecule has 0 saturated carbocycles. The molecule has 6 heteroatoms. The molecule has 5 nitrogen and oxygen atoms in total. The van der Waals surface area contributed by atoms with Crippen LogP contribution < -0.4 is 10.2 Å². The van der Waals surface area contributed by atoms with Crippen LogP contribution in [0.1, 0.15) is 54.6 Å². The predicted octanol–water partition coefficient (Wildman–Crippen LogP) is 4.96. The first-order chi connectivity index (χ1) is 13.9. The van der Waals surface area contributed by atoms with Crippen molar-refractivity contribution >= 4 is 23.0 Å². The molecule has 1 aliphatic heterocycles. The first-order valence-corrected chi connectivity index (χ1v) is 10.3. The number of hydrogen-bond acceptors (Lipinski definition) is 3. The Labute approximate surface area is 177 Å². The van der Waals surface area contributed by atoms with Gasteiger partial charge in [-0.05, 0) is 87.9 Å². The lowest BCUT2D eigenvalue weighted by Gasteiger charge is -2.28. The highest BCUT2D eigenvalue weighted by atomic mass is 32.1. The van der Waals surface area contributed by atoms with Gasteiger partial charge in [0.15, 0.2) is 5.11 Å². The molecule has 150 valence electrons. The van der Waals surface area contributed by atoms with E-state index < -0.39 is 0 Å². The molecule has 0 unspecified atom stereocenters. The van der Waals surface area contributed by atoms with Gasteiger partial charge < -0.3 is 19.9 Å². The van der Waals surface area contributed by atoms with Crippen molar-refractivity contribution in [3.8, 4) is 5.75 Å². The standard InChI is InChI=1S/C23H26N4OS/c1-14(2)26-15(3)13-19(16(26)4)22-21(20-7-5-6-12-24-20)25-23(29)27(22)17-8-10-18(28)11-9-17/h5-14,21-22,28H,1-4H3,(H,25,29)/t21-,22-/m1/s1. The van der Waals surface area contributed by atoms with Gasteiger partial charge >= 0.3 is 0 Å². The Bertz CT molecular complexity index is 1030. The number of anilines is 1. The summed E-state index contributed by atoms with van der Waals surface area (Å²) in [5, 5.41) is 13.9. The summed E-state index contributed by atoms with van der Waals surface area (Å²) in [6, 6.07) is 15.7. The van der Waals surface area contributed by atoms with Crippen LogP contribution in [-0.4, -0.2) is 19.8 Å². The molecule has 0 aliphatic carbocycles. The maximum atomic E-state index is 9.74. The largest absolute Gasteiger partial charge is 0.508 e. The first kappa shape index (κ1) is 19.5. The van der Waals surface area contributed by atoms with Crippen LogP contribution >= 0.6 is 12.2 Å². The highest BCUT2D eigenvalue weighted by Crippen LogP contribution is 2.43. The second-order valence-electron chi connectivity index (χ2n) is 7.80. The number of rotatable bonds is 4. The van der Waals surface area contributed by atoms with Crippen molar-refractivity contribution in [1.82, 2.24) is 14.9 Å². The van der Waals surface area contributed by atoms with Gasteiger partial charge in [0, 0.05) is 29.3 Å². The van der Waals surface area contributed by atoms with Crippen molar-refractivity contribution in [3.63, 3.8) is 0 Å². The number of nitrogens with one attached hydrogen (secondary N) is 1. The maximum Gasteiger partial charge on any atom is 0.174 e. The van der Waals surface area contributed by atoms with E-state index in [0.717, 1.165) is 11.4 Å². The molecule has 0 radical (unpaired) electrons. The number of phenolic OH excluding ortho intramolecular Hbond substituents is 1. The lowest BCUT2D eigenvalue weighted by molar-refractivity contribution is 0.475. The number of hydrogen-bond donors (Lipinski definition) is 2. The molecule has 1 fully saturated rings. The van der Waals surface area contributed by atoms with E-state index in [1.54, 1.807) is 12.1 Å². The van der Waals surface area contributed by atoms with Gasteiger partial charge in [0.05, 0.1) is 17.8 Å². The molecular formula is C23H26N4OS. The second kappa shape index (κ2) is 7.52. The van der Waals surface area contributed by atoms with E-state index in [-0.39, 0.29) is 17.8 Å². The topological polar surface area (TPSA) is 53.3 Å². The number of aromatic hydroxyl groups is 1. The average Bonchev–Trinajstić information content (AvgIpc) is 3.19. The maximum absolute atomic E-state index is 9.74. The smallest absolute Gasteiger partial charge is 0.174 e. The minimum absolute atomic E-state index is 0.0411. The summed E-state index contributed by atoms with van der Waals surface area (Å²) >= 11 is 5.76. The SMILES string of the molecule is Cc1cc([C@@H]2[C@@H](c3ccccn3)NC(=S)N2c2ccc(O)cc2)c(C)n1C(C)C. The number of aromatic nitrogens is 2. The third-order valence-electron chi connectivity index (χ3n) is 5.58. The summed E-state index contributed by atoms with van der Waals surface area (Å²) in [7, 11) is 0. The van der Waals surface area contributed by atoms with Gasteiger partial charge in [0.2, 0.25) is 0 Å². The van der Waals surface area contributed by atoms with Crippen LogP contribution in [0.5, 0.6) is 5.75 Å². The third kappa shape index (κ3) is 3.38. The summed E-state index contributed by atoms with van der Waals surface area (Å²) in [5.41, 5.74) is 5.59. The van der Waals surface area contributed by atoms with Crippen molar-refractivity contribution in [2.75, 3.05) is 4.90 Å². The Morgan fingerprint density at radius 1 is 1.10 bits per heavy atom. The van der Waals surface area contributed by atoms with E-state index in [2.05, 4.69) is 53.5 Å². The van der Waals surface area contributed by atoms with Crippen molar-refractivity contribution in [2.45, 2.75) is 45.8 Å². The highest BCUT2D eigenvalue weighted by Gasteiger charge is 2.42. The zero-order valence-corrected chi connectivity index (χ0v) is 17.9. The molecule has 3 heterocycles. The minimum atomic E-state index is -0.0707. The fourth-order valence-corrected chi connectivity index (χ4v) is 4.80. The Hall–Kier alpha value is -2.86. The van der Waals surface area contributed by atoms with Gasteiger partial charge in [-0.25, -0.2) is 0 Å². The van der Waals surface area contributed by atoms with Gasteiger partial charge in [-0.1, -0.05) is 6.07 Å². The summed E-state index contributed by atoms with van der Waals surface area (Å²) in [6.45, 7) is 8.73. The van der Waals surface area contributed by atoms with Crippen LogP contribution in [0, 0.1) is 13.8 Å². The normalized spacial score (nSPS) is 19.1. The second-order valence-corrected chi connectivity index (χ2v) is 8.19. The van der Waals surface area contributed by atoms with E-state index >= 15 is 0 Å². The number of aryl methyl sites for hydroxylation is 1. The van der Waals surface area contributed by atoms with E-state index in [1.165, 1.54) is 17.0 Å². The van der Waals surface area contributed by atoms with Gasteiger partial charge in [0.1, 0.15) is 5.75 Å². The van der Waals surface area contributed by atoms with Crippen LogP contribution in [0.25, 0.3) is 0 Å². The van der Waals surface area contributed by atoms with E-state index in [4.69, 9.17) is 12.2 Å². The van der Waals surface area contributed by atoms with Crippen molar-refractivity contribution in [1.29, 1.82) is 0 Å². The minimum Gasteiger partial charge on any atom is -0.508 e. The lowest BCUT2D eigenvalue weighted by Crippen LogP contribution is -2.29. The zero-order valence-electron chi connectivity index (χ0n) is 17.1. The molecule has 4 rings (SSSR count). The average molecular weight is 407 g/mol.